The van der Waals surface area contributed by atoms with E-state index in [1.165, 1.54) is 0 Å². The molecule has 0 aliphatic rings. The predicted molar refractivity (Wildman–Crippen MR) is 76.1 cm³/mol. The number of ketones is 2. The van der Waals surface area contributed by atoms with Gasteiger partial charge in [0, 0.05) is 34.3 Å². The third-order valence-corrected chi connectivity index (χ3v) is 3.13. The Hall–Kier alpha value is -0.880. The first-order chi connectivity index (χ1) is 9.51. The van der Waals surface area contributed by atoms with Crippen LogP contribution in [0.3, 0.4) is 0 Å². The summed E-state index contributed by atoms with van der Waals surface area (Å²) in [6.45, 7) is -0.388. The van der Waals surface area contributed by atoms with Crippen LogP contribution in [0.5, 0.6) is 0 Å². The molecule has 0 radical (unpaired) electrons. The Labute approximate surface area is 128 Å². The normalized spacial score (nSPS) is 12.1. The zero-order valence-electron chi connectivity index (χ0n) is 11.4. The highest BCUT2D eigenvalue weighted by Crippen LogP contribution is 1.99. The first-order valence-corrected chi connectivity index (χ1v) is 7.62. The van der Waals surface area contributed by atoms with E-state index in [1.807, 2.05) is 0 Å². The average Bonchev–Trinajstić information content (AvgIpc) is 2.45. The van der Waals surface area contributed by atoms with E-state index in [9.17, 15) is 20.0 Å². The zero-order valence-corrected chi connectivity index (χ0v) is 12.9. The molecule has 0 aliphatic carbocycles. The Morgan fingerprint density at radius 1 is 0.750 bits per heavy atom. The molecular formula is C12H20Cl2N2O4. The van der Waals surface area contributed by atoms with Crippen molar-refractivity contribution in [2.24, 2.45) is 0 Å². The number of hydroxylamine groups is 2. The minimum absolute atomic E-state index is 0.0132. The molecule has 0 rings (SSSR count). The lowest BCUT2D eigenvalue weighted by molar-refractivity contribution is -0.969. The van der Waals surface area contributed by atoms with E-state index in [-0.39, 0.29) is 47.2 Å². The number of Topliss-reactive ketones (excluding diaryl/α,β-unsaturated/α-hetero) is 2. The number of nitrogens with zero attached hydrogens (tertiary/aromatic N) is 2. The van der Waals surface area contributed by atoms with Crippen LogP contribution in [0.15, 0.2) is 0 Å². The number of hydrogen-bond acceptors (Lipinski definition) is 4. The van der Waals surface area contributed by atoms with E-state index in [1.54, 1.807) is 0 Å². The highest BCUT2D eigenvalue weighted by molar-refractivity contribution is 6.18. The number of rotatable bonds is 12. The van der Waals surface area contributed by atoms with Crippen LogP contribution in [0.1, 0.15) is 38.5 Å². The molecule has 0 aromatic rings. The Kier molecular flexibility index (Phi) is 11.4. The standard InChI is InChI=1S/C12H20Cl2N2O4/c13-7-1-3-11(17)5-9-15(19)16(20)10-6-12(18)4-2-8-14/h1-10H2/b16-15+. The molecule has 20 heavy (non-hydrogen) atoms. The topological polar surface area (TPSA) is 86.3 Å². The number of carbonyl (C=O) groups excluding carboxylic acids is 2. The summed E-state index contributed by atoms with van der Waals surface area (Å²) >= 11 is 10.9. The lowest BCUT2D eigenvalue weighted by Crippen LogP contribution is -2.22. The Morgan fingerprint density at radius 2 is 1.10 bits per heavy atom. The second-order valence-corrected chi connectivity index (χ2v) is 5.07. The van der Waals surface area contributed by atoms with Crippen molar-refractivity contribution in [3.63, 3.8) is 0 Å². The molecule has 0 spiro atoms. The van der Waals surface area contributed by atoms with Gasteiger partial charge < -0.3 is 10.4 Å². The molecule has 116 valence electrons. The second kappa shape index (κ2) is 11.9. The van der Waals surface area contributed by atoms with Crippen LogP contribution in [-0.4, -0.2) is 46.1 Å². The smallest absolute Gasteiger partial charge is 0.227 e. The molecule has 0 aromatic carbocycles. The SMILES string of the molecule is O=C(CCCCl)CC/[N+]([O-])=[N+](\[O-])CCC(=O)CCCCl. The fourth-order valence-electron chi connectivity index (χ4n) is 1.44. The minimum Gasteiger partial charge on any atom is -0.567 e. The summed E-state index contributed by atoms with van der Waals surface area (Å²) in [4.78, 5) is 23.0. The van der Waals surface area contributed by atoms with Crippen molar-refractivity contribution in [1.82, 2.24) is 0 Å². The van der Waals surface area contributed by atoms with Gasteiger partial charge in [-0.15, -0.1) is 23.2 Å². The van der Waals surface area contributed by atoms with Crippen LogP contribution in [0, 0.1) is 10.4 Å². The third-order valence-electron chi connectivity index (χ3n) is 2.59. The molecule has 0 bridgehead atoms. The summed E-state index contributed by atoms with van der Waals surface area (Å²) in [6.07, 6.45) is 1.78. The van der Waals surface area contributed by atoms with E-state index in [4.69, 9.17) is 23.2 Å². The predicted octanol–water partition coefficient (Wildman–Crippen LogP) is 2.42. The number of hydrogen-bond donors (Lipinski definition) is 0. The van der Waals surface area contributed by atoms with Crippen molar-refractivity contribution in [2.75, 3.05) is 24.8 Å². The van der Waals surface area contributed by atoms with Gasteiger partial charge in [0.15, 0.2) is 0 Å². The molecule has 0 fully saturated rings. The van der Waals surface area contributed by atoms with Gasteiger partial charge in [-0.25, -0.2) is 0 Å². The van der Waals surface area contributed by atoms with Crippen molar-refractivity contribution >= 4 is 34.8 Å². The van der Waals surface area contributed by atoms with Gasteiger partial charge in [0.05, 0.1) is 12.8 Å². The summed E-state index contributed by atoms with van der Waals surface area (Å²) in [7, 11) is 0. The van der Waals surface area contributed by atoms with Crippen molar-refractivity contribution in [1.29, 1.82) is 0 Å². The van der Waals surface area contributed by atoms with Crippen molar-refractivity contribution in [3.05, 3.63) is 10.4 Å². The van der Waals surface area contributed by atoms with Crippen molar-refractivity contribution in [2.45, 2.75) is 38.5 Å². The maximum Gasteiger partial charge on any atom is 0.227 e. The first-order valence-electron chi connectivity index (χ1n) is 6.55. The van der Waals surface area contributed by atoms with E-state index in [0.717, 1.165) is 0 Å². The van der Waals surface area contributed by atoms with Gasteiger partial charge in [-0.05, 0) is 12.8 Å². The molecular weight excluding hydrogens is 307 g/mol. The summed E-state index contributed by atoms with van der Waals surface area (Å²) in [5.74, 6) is 0.590. The summed E-state index contributed by atoms with van der Waals surface area (Å²) < 4.78 is 0. The fraction of sp³-hybridized carbons (Fsp3) is 0.833. The minimum atomic E-state index is -0.194. The molecule has 0 saturated heterocycles. The molecule has 0 aliphatic heterocycles. The van der Waals surface area contributed by atoms with Gasteiger partial charge in [0.1, 0.15) is 11.6 Å². The number of carbonyl (C=O) groups is 2. The van der Waals surface area contributed by atoms with E-state index < -0.39 is 0 Å². The Morgan fingerprint density at radius 3 is 1.40 bits per heavy atom. The molecule has 0 amide bonds. The van der Waals surface area contributed by atoms with Crippen LogP contribution < -0.4 is 0 Å². The van der Waals surface area contributed by atoms with E-state index >= 15 is 0 Å². The van der Waals surface area contributed by atoms with Gasteiger partial charge in [0.25, 0.3) is 0 Å². The van der Waals surface area contributed by atoms with Crippen LogP contribution in [0.25, 0.3) is 0 Å². The summed E-state index contributed by atoms with van der Waals surface area (Å²) in [5.41, 5.74) is 0. The molecule has 0 unspecified atom stereocenters. The lowest BCUT2D eigenvalue weighted by Gasteiger charge is -2.04. The number of halogens is 2. The quantitative estimate of drug-likeness (QED) is 0.238. The molecule has 0 aromatic heterocycles. The maximum atomic E-state index is 11.4. The molecule has 0 saturated carbocycles. The average molecular weight is 327 g/mol. The zero-order chi connectivity index (χ0) is 15.4. The maximum absolute atomic E-state index is 11.4. The third kappa shape index (κ3) is 9.97. The summed E-state index contributed by atoms with van der Waals surface area (Å²) in [5, 5.41) is 22.7. The van der Waals surface area contributed by atoms with Crippen LogP contribution in [0.2, 0.25) is 0 Å². The lowest BCUT2D eigenvalue weighted by atomic mass is 10.2. The molecule has 6 nitrogen and oxygen atoms in total. The number of azo groups is 1. The number of alkyl halides is 2. The fourth-order valence-corrected chi connectivity index (χ4v) is 1.71. The molecule has 0 heterocycles. The first kappa shape index (κ1) is 19.1. The monoisotopic (exact) mass is 326 g/mol. The van der Waals surface area contributed by atoms with Crippen molar-refractivity contribution in [3.8, 4) is 0 Å². The highest BCUT2D eigenvalue weighted by atomic mass is 35.5. The highest BCUT2D eigenvalue weighted by Gasteiger charge is 2.13. The van der Waals surface area contributed by atoms with Gasteiger partial charge in [-0.1, -0.05) is 0 Å². The second-order valence-electron chi connectivity index (χ2n) is 4.31. The molecule has 8 heteroatoms. The molecule has 0 N–H and O–H groups in total. The van der Waals surface area contributed by atoms with Gasteiger partial charge in [0.2, 0.25) is 13.1 Å². The van der Waals surface area contributed by atoms with E-state index in [2.05, 4.69) is 0 Å². The van der Waals surface area contributed by atoms with E-state index in [0.29, 0.717) is 37.4 Å². The molecule has 0 atom stereocenters. The van der Waals surface area contributed by atoms with Crippen LogP contribution in [-0.2, 0) is 9.59 Å². The Bertz CT molecular complexity index is 316. The summed E-state index contributed by atoms with van der Waals surface area (Å²) in [6, 6.07) is 0. The van der Waals surface area contributed by atoms with Gasteiger partial charge in [-0.3, -0.25) is 9.59 Å². The van der Waals surface area contributed by atoms with Crippen molar-refractivity contribution < 1.29 is 19.3 Å². The van der Waals surface area contributed by atoms with Crippen LogP contribution >= 0.6 is 23.2 Å². The largest absolute Gasteiger partial charge is 0.567 e. The van der Waals surface area contributed by atoms with Gasteiger partial charge in [-0.2, -0.15) is 0 Å². The van der Waals surface area contributed by atoms with Gasteiger partial charge >= 0.3 is 0 Å². The van der Waals surface area contributed by atoms with Crippen LogP contribution in [0.4, 0.5) is 0 Å². The Balaban J connectivity index is 3.99.